The van der Waals surface area contributed by atoms with Crippen LogP contribution in [0.5, 0.6) is 0 Å². The van der Waals surface area contributed by atoms with Gasteiger partial charge in [0, 0.05) is 18.3 Å². The summed E-state index contributed by atoms with van der Waals surface area (Å²) in [5, 5.41) is 2.97. The summed E-state index contributed by atoms with van der Waals surface area (Å²) < 4.78 is 0. The Morgan fingerprint density at radius 2 is 1.95 bits per heavy atom. The van der Waals surface area contributed by atoms with Crippen LogP contribution in [-0.4, -0.2) is 44.8 Å². The molecule has 1 fully saturated rings. The minimum Gasteiger partial charge on any atom is -0.350 e. The lowest BCUT2D eigenvalue weighted by atomic mass is 9.99. The van der Waals surface area contributed by atoms with Crippen molar-refractivity contribution >= 4 is 11.8 Å². The summed E-state index contributed by atoms with van der Waals surface area (Å²) in [5.74, 6) is -0.318. The van der Waals surface area contributed by atoms with Crippen LogP contribution in [-0.2, 0) is 4.79 Å². The molecule has 0 spiro atoms. The molecule has 0 aromatic carbocycles. The van der Waals surface area contributed by atoms with Crippen molar-refractivity contribution in [3.05, 3.63) is 23.8 Å². The molecular weight excluding hydrogens is 280 g/mol. The zero-order chi connectivity index (χ0) is 16.3. The van der Waals surface area contributed by atoms with E-state index in [0.29, 0.717) is 18.7 Å². The first-order valence-electron chi connectivity index (χ1n) is 7.69. The van der Waals surface area contributed by atoms with Crippen molar-refractivity contribution in [2.75, 3.05) is 6.54 Å². The third-order valence-electron chi connectivity index (χ3n) is 3.56. The molecule has 1 saturated heterocycles. The molecular formula is C16H24N4O2. The van der Waals surface area contributed by atoms with Gasteiger partial charge in [-0.1, -0.05) is 0 Å². The summed E-state index contributed by atoms with van der Waals surface area (Å²) in [6.45, 7) is 8.21. The second-order valence-corrected chi connectivity index (χ2v) is 6.79. The van der Waals surface area contributed by atoms with Gasteiger partial charge in [-0.3, -0.25) is 14.6 Å². The fraction of sp³-hybridized carbons (Fsp3) is 0.625. The molecule has 0 saturated carbocycles. The summed E-state index contributed by atoms with van der Waals surface area (Å²) >= 11 is 0. The molecule has 0 radical (unpaired) electrons. The molecule has 2 rings (SSSR count). The summed E-state index contributed by atoms with van der Waals surface area (Å²) in [6, 6.07) is -0.427. The first-order chi connectivity index (χ1) is 10.3. The van der Waals surface area contributed by atoms with Crippen LogP contribution < -0.4 is 5.32 Å². The van der Waals surface area contributed by atoms with Gasteiger partial charge in [-0.15, -0.1) is 0 Å². The Balaban J connectivity index is 2.17. The Hall–Kier alpha value is -1.98. The minimum absolute atomic E-state index is 0.0966. The number of piperidine rings is 1. The van der Waals surface area contributed by atoms with Gasteiger partial charge in [0.2, 0.25) is 5.91 Å². The average Bonchev–Trinajstić information content (AvgIpc) is 2.45. The van der Waals surface area contributed by atoms with E-state index in [0.717, 1.165) is 18.5 Å². The molecule has 1 N–H and O–H groups in total. The Morgan fingerprint density at radius 3 is 2.55 bits per heavy atom. The Kier molecular flexibility index (Phi) is 4.78. The molecule has 22 heavy (non-hydrogen) atoms. The van der Waals surface area contributed by atoms with Crippen LogP contribution in [0.3, 0.4) is 0 Å². The molecule has 1 aromatic heterocycles. The third-order valence-corrected chi connectivity index (χ3v) is 3.56. The second kappa shape index (κ2) is 6.42. The van der Waals surface area contributed by atoms with E-state index in [2.05, 4.69) is 15.3 Å². The molecule has 1 aliphatic rings. The van der Waals surface area contributed by atoms with Crippen molar-refractivity contribution in [2.24, 2.45) is 0 Å². The topological polar surface area (TPSA) is 75.2 Å². The van der Waals surface area contributed by atoms with Crippen molar-refractivity contribution in [1.29, 1.82) is 0 Å². The van der Waals surface area contributed by atoms with Crippen molar-refractivity contribution in [3.8, 4) is 0 Å². The molecule has 2 amide bonds. The van der Waals surface area contributed by atoms with Crippen molar-refractivity contribution in [1.82, 2.24) is 20.2 Å². The molecule has 2 heterocycles. The lowest BCUT2D eigenvalue weighted by molar-refractivity contribution is -0.128. The Labute approximate surface area is 131 Å². The predicted molar refractivity (Wildman–Crippen MR) is 83.3 cm³/mol. The normalized spacial score (nSPS) is 18.9. The SMILES string of the molecule is Cc1cnc(C(=O)N2CCCCC2C(=O)NC(C)(C)C)cn1. The van der Waals surface area contributed by atoms with E-state index in [9.17, 15) is 9.59 Å². The zero-order valence-electron chi connectivity index (χ0n) is 13.7. The van der Waals surface area contributed by atoms with Crippen LogP contribution in [0.15, 0.2) is 12.4 Å². The molecule has 120 valence electrons. The fourth-order valence-corrected chi connectivity index (χ4v) is 2.55. The van der Waals surface area contributed by atoms with Gasteiger partial charge in [0.15, 0.2) is 0 Å². The summed E-state index contributed by atoms with van der Waals surface area (Å²) in [7, 11) is 0. The number of likely N-dealkylation sites (tertiary alicyclic amines) is 1. The van der Waals surface area contributed by atoms with Gasteiger partial charge in [-0.2, -0.15) is 0 Å². The van der Waals surface area contributed by atoms with Gasteiger partial charge in [-0.05, 0) is 47.0 Å². The van der Waals surface area contributed by atoms with Gasteiger partial charge in [0.1, 0.15) is 11.7 Å². The van der Waals surface area contributed by atoms with E-state index in [1.165, 1.54) is 6.20 Å². The minimum atomic E-state index is -0.427. The lowest BCUT2D eigenvalue weighted by Gasteiger charge is -2.36. The number of amides is 2. The van der Waals surface area contributed by atoms with Crippen LogP contribution in [0, 0.1) is 6.92 Å². The highest BCUT2D eigenvalue weighted by molar-refractivity contribution is 5.96. The fourth-order valence-electron chi connectivity index (χ4n) is 2.55. The largest absolute Gasteiger partial charge is 0.350 e. The number of carbonyl (C=O) groups excluding carboxylic acids is 2. The molecule has 6 heteroatoms. The van der Waals surface area contributed by atoms with Crippen LogP contribution in [0.25, 0.3) is 0 Å². The number of nitrogens with one attached hydrogen (secondary N) is 1. The standard InChI is InChI=1S/C16H24N4O2/c1-11-9-18-12(10-17-11)15(22)20-8-6-5-7-13(20)14(21)19-16(2,3)4/h9-10,13H,5-8H2,1-4H3,(H,19,21). The maximum absolute atomic E-state index is 12.6. The zero-order valence-corrected chi connectivity index (χ0v) is 13.7. The van der Waals surface area contributed by atoms with E-state index in [1.807, 2.05) is 27.7 Å². The summed E-state index contributed by atoms with van der Waals surface area (Å²) in [6.07, 6.45) is 5.59. The molecule has 0 bridgehead atoms. The number of aromatic nitrogens is 2. The number of nitrogens with zero attached hydrogens (tertiary/aromatic N) is 3. The van der Waals surface area contributed by atoms with Crippen LogP contribution in [0.1, 0.15) is 56.2 Å². The maximum atomic E-state index is 12.6. The first kappa shape index (κ1) is 16.4. The van der Waals surface area contributed by atoms with Crippen molar-refractivity contribution in [3.63, 3.8) is 0 Å². The smallest absolute Gasteiger partial charge is 0.274 e. The molecule has 1 atom stereocenters. The highest BCUT2D eigenvalue weighted by Crippen LogP contribution is 2.20. The van der Waals surface area contributed by atoms with Crippen molar-refractivity contribution in [2.45, 2.75) is 58.5 Å². The molecule has 1 aliphatic heterocycles. The number of hydrogen-bond donors (Lipinski definition) is 1. The average molecular weight is 304 g/mol. The van der Waals surface area contributed by atoms with Gasteiger partial charge in [0.05, 0.1) is 11.9 Å². The lowest BCUT2D eigenvalue weighted by Crippen LogP contribution is -2.55. The Bertz CT molecular complexity index is 548. The monoisotopic (exact) mass is 304 g/mol. The highest BCUT2D eigenvalue weighted by atomic mass is 16.2. The molecule has 6 nitrogen and oxygen atoms in total. The van der Waals surface area contributed by atoms with E-state index in [-0.39, 0.29) is 17.4 Å². The van der Waals surface area contributed by atoms with Crippen LogP contribution in [0.2, 0.25) is 0 Å². The maximum Gasteiger partial charge on any atom is 0.274 e. The van der Waals surface area contributed by atoms with E-state index >= 15 is 0 Å². The van der Waals surface area contributed by atoms with E-state index < -0.39 is 6.04 Å². The van der Waals surface area contributed by atoms with Gasteiger partial charge < -0.3 is 10.2 Å². The Morgan fingerprint density at radius 1 is 1.23 bits per heavy atom. The summed E-state index contributed by atoms with van der Waals surface area (Å²) in [4.78, 5) is 35.0. The number of aryl methyl sites for hydroxylation is 1. The number of rotatable bonds is 2. The van der Waals surface area contributed by atoms with E-state index in [4.69, 9.17) is 0 Å². The summed E-state index contributed by atoms with van der Waals surface area (Å²) in [5.41, 5.74) is 0.741. The van der Waals surface area contributed by atoms with Gasteiger partial charge in [0.25, 0.3) is 5.91 Å². The number of carbonyl (C=O) groups is 2. The quantitative estimate of drug-likeness (QED) is 0.902. The highest BCUT2D eigenvalue weighted by Gasteiger charge is 2.34. The predicted octanol–water partition coefficient (Wildman–Crippen LogP) is 1.69. The van der Waals surface area contributed by atoms with E-state index in [1.54, 1.807) is 11.1 Å². The molecule has 1 unspecified atom stereocenters. The first-order valence-corrected chi connectivity index (χ1v) is 7.69. The third kappa shape index (κ3) is 4.02. The van der Waals surface area contributed by atoms with Crippen molar-refractivity contribution < 1.29 is 9.59 Å². The molecule has 0 aliphatic carbocycles. The van der Waals surface area contributed by atoms with Gasteiger partial charge in [-0.25, -0.2) is 4.98 Å². The second-order valence-electron chi connectivity index (χ2n) is 6.79. The van der Waals surface area contributed by atoms with Gasteiger partial charge >= 0.3 is 0 Å². The van der Waals surface area contributed by atoms with Crippen LogP contribution in [0.4, 0.5) is 0 Å². The number of hydrogen-bond acceptors (Lipinski definition) is 4. The van der Waals surface area contributed by atoms with Crippen LogP contribution >= 0.6 is 0 Å². The molecule has 1 aromatic rings.